The van der Waals surface area contributed by atoms with Crippen LogP contribution in [0.5, 0.6) is 5.75 Å². The Bertz CT molecular complexity index is 988. The summed E-state index contributed by atoms with van der Waals surface area (Å²) in [5, 5.41) is 2.96. The molecule has 0 spiro atoms. The minimum Gasteiger partial charge on any atom is -0.493 e. The summed E-state index contributed by atoms with van der Waals surface area (Å²) in [6.45, 7) is 4.83. The van der Waals surface area contributed by atoms with Crippen molar-refractivity contribution in [3.05, 3.63) is 32.6 Å². The molecule has 0 saturated carbocycles. The second kappa shape index (κ2) is 8.55. The van der Waals surface area contributed by atoms with Crippen molar-refractivity contribution in [2.75, 3.05) is 19.8 Å². The largest absolute Gasteiger partial charge is 0.493 e. The second-order valence-corrected chi connectivity index (χ2v) is 6.77. The number of ether oxygens (including phenoxy) is 2. The highest BCUT2D eigenvalue weighted by atomic mass is 16.5. The van der Waals surface area contributed by atoms with Gasteiger partial charge in [-0.15, -0.1) is 0 Å². The first-order chi connectivity index (χ1) is 13.5. The normalized spacial score (nSPS) is 16.5. The number of carbonyl (C=O) groups excluding carboxylic acids is 1. The maximum atomic E-state index is 13.1. The lowest BCUT2D eigenvalue weighted by molar-refractivity contribution is -0.122. The molecule has 9 nitrogen and oxygen atoms in total. The van der Waals surface area contributed by atoms with Gasteiger partial charge in [-0.2, -0.15) is 0 Å². The molecule has 0 radical (unpaired) electrons. The summed E-state index contributed by atoms with van der Waals surface area (Å²) < 4.78 is 13.4. The van der Waals surface area contributed by atoms with Gasteiger partial charge in [-0.25, -0.2) is 14.3 Å². The highest BCUT2D eigenvalue weighted by Crippen LogP contribution is 2.25. The molecule has 28 heavy (non-hydrogen) atoms. The molecule has 9 heteroatoms. The Hall–Kier alpha value is -2.68. The lowest BCUT2D eigenvalue weighted by Gasteiger charge is -2.15. The summed E-state index contributed by atoms with van der Waals surface area (Å²) in [6, 6.07) is 0. The van der Waals surface area contributed by atoms with Gasteiger partial charge in [-0.3, -0.25) is 14.2 Å². The minimum absolute atomic E-state index is 0.0130. The molecule has 1 aliphatic rings. The lowest BCUT2D eigenvalue weighted by Crippen LogP contribution is -2.44. The Balaban J connectivity index is 1.99. The van der Waals surface area contributed by atoms with Crippen LogP contribution in [0.1, 0.15) is 32.3 Å². The van der Waals surface area contributed by atoms with Gasteiger partial charge in [-0.05, 0) is 26.2 Å². The number of nitrogens with one attached hydrogen (secondary N) is 1. The third-order valence-corrected chi connectivity index (χ3v) is 4.90. The quantitative estimate of drug-likeness (QED) is 0.732. The molecule has 1 fully saturated rings. The van der Waals surface area contributed by atoms with E-state index in [2.05, 4.69) is 10.3 Å². The highest BCUT2D eigenvalue weighted by molar-refractivity contribution is 5.83. The van der Waals surface area contributed by atoms with Crippen molar-refractivity contribution in [3.63, 3.8) is 0 Å². The molecule has 3 heterocycles. The predicted octanol–water partition coefficient (Wildman–Crippen LogP) is 0.352. The number of aromatic nitrogens is 3. The number of fused-ring (bicyclic) bond motifs is 1. The maximum Gasteiger partial charge on any atom is 0.332 e. The maximum absolute atomic E-state index is 13.1. The van der Waals surface area contributed by atoms with Crippen molar-refractivity contribution < 1.29 is 14.3 Å². The smallest absolute Gasteiger partial charge is 0.332 e. The topological polar surface area (TPSA) is 104 Å². The Labute approximate surface area is 162 Å². The van der Waals surface area contributed by atoms with Crippen molar-refractivity contribution in [2.24, 2.45) is 7.05 Å². The first-order valence-electron chi connectivity index (χ1n) is 9.60. The first kappa shape index (κ1) is 20.1. The molecule has 0 aromatic carbocycles. The van der Waals surface area contributed by atoms with Crippen molar-refractivity contribution in [3.8, 4) is 5.75 Å². The summed E-state index contributed by atoms with van der Waals surface area (Å²) in [4.78, 5) is 42.4. The van der Waals surface area contributed by atoms with E-state index in [0.29, 0.717) is 31.9 Å². The van der Waals surface area contributed by atoms with Gasteiger partial charge < -0.3 is 14.8 Å². The molecule has 1 aliphatic heterocycles. The predicted molar refractivity (Wildman–Crippen MR) is 104 cm³/mol. The van der Waals surface area contributed by atoms with Crippen molar-refractivity contribution in [1.82, 2.24) is 19.4 Å². The van der Waals surface area contributed by atoms with Crippen LogP contribution in [-0.4, -0.2) is 45.9 Å². The molecule has 1 saturated heterocycles. The van der Waals surface area contributed by atoms with E-state index in [9.17, 15) is 14.4 Å². The summed E-state index contributed by atoms with van der Waals surface area (Å²) in [5.74, 6) is 0.00993. The van der Waals surface area contributed by atoms with E-state index in [1.165, 1.54) is 11.6 Å². The highest BCUT2D eigenvalue weighted by Gasteiger charge is 2.21. The lowest BCUT2D eigenvalue weighted by atomic mass is 10.1. The third kappa shape index (κ3) is 3.80. The molecule has 0 aliphatic carbocycles. The van der Waals surface area contributed by atoms with Gasteiger partial charge in [0, 0.05) is 32.0 Å². The number of hydrogen-bond donors (Lipinski definition) is 1. The number of pyridine rings is 1. The van der Waals surface area contributed by atoms with Gasteiger partial charge in [0.2, 0.25) is 5.91 Å². The zero-order valence-corrected chi connectivity index (χ0v) is 16.5. The van der Waals surface area contributed by atoms with Crippen molar-refractivity contribution >= 4 is 16.9 Å². The average molecular weight is 390 g/mol. The van der Waals surface area contributed by atoms with Gasteiger partial charge >= 0.3 is 5.69 Å². The van der Waals surface area contributed by atoms with E-state index in [4.69, 9.17) is 9.47 Å². The SMILES string of the molecule is CCOc1c(CC)cnc2c1c(=O)n(CC(=O)NCC1CCCO1)c(=O)n2C. The molecule has 2 aromatic rings. The molecule has 1 N–H and O–H groups in total. The van der Waals surface area contributed by atoms with Crippen molar-refractivity contribution in [1.29, 1.82) is 0 Å². The van der Waals surface area contributed by atoms with Crippen LogP contribution in [0.15, 0.2) is 15.8 Å². The van der Waals surface area contributed by atoms with Gasteiger partial charge in [-0.1, -0.05) is 6.92 Å². The van der Waals surface area contributed by atoms with Gasteiger partial charge in [0.25, 0.3) is 5.56 Å². The fraction of sp³-hybridized carbons (Fsp3) is 0.579. The summed E-state index contributed by atoms with van der Waals surface area (Å²) in [6.07, 6.45) is 4.09. The van der Waals surface area contributed by atoms with Crippen LogP contribution in [0.3, 0.4) is 0 Å². The zero-order chi connectivity index (χ0) is 20.3. The van der Waals surface area contributed by atoms with Crippen LogP contribution in [0, 0.1) is 0 Å². The summed E-state index contributed by atoms with van der Waals surface area (Å²) in [7, 11) is 1.53. The molecular formula is C19H26N4O5. The molecule has 152 valence electrons. The summed E-state index contributed by atoms with van der Waals surface area (Å²) in [5.41, 5.74) is -0.147. The first-order valence-corrected chi connectivity index (χ1v) is 9.60. The van der Waals surface area contributed by atoms with Crippen LogP contribution in [0.2, 0.25) is 0 Å². The van der Waals surface area contributed by atoms with Gasteiger partial charge in [0.1, 0.15) is 17.7 Å². The van der Waals surface area contributed by atoms with Crippen LogP contribution in [0.4, 0.5) is 0 Å². The molecule has 3 rings (SSSR count). The monoisotopic (exact) mass is 390 g/mol. The van der Waals surface area contributed by atoms with Crippen molar-refractivity contribution in [2.45, 2.75) is 45.8 Å². The Morgan fingerprint density at radius 1 is 1.39 bits per heavy atom. The number of nitrogens with zero attached hydrogens (tertiary/aromatic N) is 3. The minimum atomic E-state index is -0.594. The molecule has 2 aromatic heterocycles. The Morgan fingerprint density at radius 3 is 2.82 bits per heavy atom. The van der Waals surface area contributed by atoms with E-state index in [1.807, 2.05) is 13.8 Å². The number of amides is 1. The summed E-state index contributed by atoms with van der Waals surface area (Å²) >= 11 is 0. The van der Waals surface area contributed by atoms with Gasteiger partial charge in [0.15, 0.2) is 5.65 Å². The molecular weight excluding hydrogens is 364 g/mol. The van der Waals surface area contributed by atoms with E-state index >= 15 is 0 Å². The van der Waals surface area contributed by atoms with E-state index in [0.717, 1.165) is 23.0 Å². The Morgan fingerprint density at radius 2 is 2.18 bits per heavy atom. The van der Waals surface area contributed by atoms with E-state index in [-0.39, 0.29) is 23.7 Å². The van der Waals surface area contributed by atoms with Crippen LogP contribution >= 0.6 is 0 Å². The number of carbonyl (C=O) groups is 1. The molecule has 1 atom stereocenters. The molecule has 1 unspecified atom stereocenters. The molecule has 0 bridgehead atoms. The average Bonchev–Trinajstić information content (AvgIpc) is 3.21. The molecule has 1 amide bonds. The van der Waals surface area contributed by atoms with Crippen LogP contribution < -0.4 is 21.3 Å². The number of rotatable bonds is 7. The fourth-order valence-corrected chi connectivity index (χ4v) is 3.40. The van der Waals surface area contributed by atoms with Crippen LogP contribution in [0.25, 0.3) is 11.0 Å². The fourth-order valence-electron chi connectivity index (χ4n) is 3.40. The van der Waals surface area contributed by atoms with Gasteiger partial charge in [0.05, 0.1) is 12.7 Å². The number of hydrogen-bond acceptors (Lipinski definition) is 6. The third-order valence-electron chi connectivity index (χ3n) is 4.90. The van der Waals surface area contributed by atoms with E-state index < -0.39 is 17.2 Å². The number of aryl methyl sites for hydroxylation is 2. The second-order valence-electron chi connectivity index (χ2n) is 6.77. The van der Waals surface area contributed by atoms with E-state index in [1.54, 1.807) is 6.20 Å². The van der Waals surface area contributed by atoms with Crippen LogP contribution in [-0.2, 0) is 29.5 Å². The standard InChI is InChI=1S/C19H26N4O5/c1-4-12-9-21-17-15(16(12)27-5-2)18(25)23(19(26)22(17)3)11-14(24)20-10-13-7-6-8-28-13/h9,13H,4-8,10-11H2,1-3H3,(H,20,24). The Kier molecular flexibility index (Phi) is 6.13. The zero-order valence-electron chi connectivity index (χ0n) is 16.5.